The summed E-state index contributed by atoms with van der Waals surface area (Å²) >= 11 is 0. The Labute approximate surface area is 187 Å². The van der Waals surface area contributed by atoms with Gasteiger partial charge in [-0.1, -0.05) is 6.58 Å². The van der Waals surface area contributed by atoms with E-state index in [9.17, 15) is 18.0 Å². The molecule has 10 heteroatoms. The van der Waals surface area contributed by atoms with E-state index in [2.05, 4.69) is 22.0 Å². The van der Waals surface area contributed by atoms with Crippen LogP contribution in [0.25, 0.3) is 22.4 Å². The number of fused-ring (bicyclic) bond motifs is 1. The van der Waals surface area contributed by atoms with Crippen LogP contribution in [0.4, 0.5) is 23.2 Å². The van der Waals surface area contributed by atoms with Gasteiger partial charge in [0.15, 0.2) is 0 Å². The molecule has 1 aliphatic rings. The number of hydrogen-bond donors (Lipinski definition) is 1. The highest BCUT2D eigenvalue weighted by Crippen LogP contribution is 2.38. The molecule has 0 saturated carbocycles. The smallest absolute Gasteiger partial charge is 0.320 e. The molecule has 0 spiro atoms. The predicted molar refractivity (Wildman–Crippen MR) is 116 cm³/mol. The van der Waals surface area contributed by atoms with Gasteiger partial charge in [0.2, 0.25) is 5.91 Å². The van der Waals surface area contributed by atoms with Crippen LogP contribution in [-0.2, 0) is 24.8 Å². The van der Waals surface area contributed by atoms with Crippen LogP contribution in [0.2, 0.25) is 0 Å². The minimum absolute atomic E-state index is 0.00918. The fourth-order valence-corrected chi connectivity index (χ4v) is 3.98. The Morgan fingerprint density at radius 1 is 1.27 bits per heavy atom. The normalized spacial score (nSPS) is 14.1. The molecule has 172 valence electrons. The van der Waals surface area contributed by atoms with E-state index >= 15 is 4.39 Å². The minimum atomic E-state index is -4.31. The average Bonchev–Trinajstić information content (AvgIpc) is 3.18. The molecule has 1 amide bonds. The van der Waals surface area contributed by atoms with Gasteiger partial charge in [0, 0.05) is 49.2 Å². The second kappa shape index (κ2) is 8.78. The van der Waals surface area contributed by atoms with Crippen LogP contribution in [0.3, 0.4) is 0 Å². The van der Waals surface area contributed by atoms with Crippen LogP contribution in [0.1, 0.15) is 11.1 Å². The summed E-state index contributed by atoms with van der Waals surface area (Å²) in [5.74, 6) is -1.12. The van der Waals surface area contributed by atoms with Crippen molar-refractivity contribution in [2.24, 2.45) is 7.05 Å². The van der Waals surface area contributed by atoms with Gasteiger partial charge < -0.3 is 5.32 Å². The van der Waals surface area contributed by atoms with Crippen molar-refractivity contribution < 1.29 is 22.4 Å². The summed E-state index contributed by atoms with van der Waals surface area (Å²) in [6, 6.07) is 4.55. The first-order valence-electron chi connectivity index (χ1n) is 10.2. The van der Waals surface area contributed by atoms with Crippen LogP contribution in [0, 0.1) is 5.82 Å². The van der Waals surface area contributed by atoms with E-state index in [1.165, 1.54) is 17.2 Å². The van der Waals surface area contributed by atoms with Crippen molar-refractivity contribution in [3.63, 3.8) is 0 Å². The maximum atomic E-state index is 15.2. The van der Waals surface area contributed by atoms with Gasteiger partial charge in [-0.3, -0.25) is 19.4 Å². The van der Waals surface area contributed by atoms with Crippen molar-refractivity contribution in [2.75, 3.05) is 18.4 Å². The molecule has 6 nitrogen and oxygen atoms in total. The number of aromatic nitrogens is 3. The standard InChI is InChI=1S/C23H21F4N5O/c1-3-20(33)30-22-17(16-10-29-31(2)11-16)4-6-28-21(22)18-8-14-5-7-32(13-23(25,26)27)12-15(14)9-19(18)24/h3-4,6,8-11H,1,5,7,12-13H2,2H3,(H,30,33). The molecular weight excluding hydrogens is 438 g/mol. The largest absolute Gasteiger partial charge is 0.401 e. The molecule has 1 aliphatic heterocycles. The van der Waals surface area contributed by atoms with Gasteiger partial charge in [0.1, 0.15) is 5.82 Å². The van der Waals surface area contributed by atoms with Crippen molar-refractivity contribution in [2.45, 2.75) is 19.1 Å². The lowest BCUT2D eigenvalue weighted by Gasteiger charge is -2.30. The van der Waals surface area contributed by atoms with Gasteiger partial charge in [0.05, 0.1) is 24.1 Å². The zero-order valence-electron chi connectivity index (χ0n) is 17.8. The predicted octanol–water partition coefficient (Wildman–Crippen LogP) is 4.33. The molecular formula is C23H21F4N5O. The molecule has 3 aromatic rings. The highest BCUT2D eigenvalue weighted by atomic mass is 19.4. The zero-order valence-corrected chi connectivity index (χ0v) is 17.8. The van der Waals surface area contributed by atoms with E-state index < -0.39 is 24.4 Å². The van der Waals surface area contributed by atoms with Gasteiger partial charge in [0.25, 0.3) is 0 Å². The van der Waals surface area contributed by atoms with Crippen molar-refractivity contribution in [1.29, 1.82) is 0 Å². The van der Waals surface area contributed by atoms with Gasteiger partial charge >= 0.3 is 6.18 Å². The van der Waals surface area contributed by atoms with E-state index in [0.717, 1.165) is 11.6 Å². The Morgan fingerprint density at radius 2 is 2.06 bits per heavy atom. The number of carbonyl (C=O) groups is 1. The number of benzene rings is 1. The summed E-state index contributed by atoms with van der Waals surface area (Å²) in [7, 11) is 1.75. The van der Waals surface area contributed by atoms with Gasteiger partial charge in [-0.25, -0.2) is 4.39 Å². The molecule has 3 heterocycles. The Kier molecular flexibility index (Phi) is 6.03. The first-order chi connectivity index (χ1) is 15.6. The fraction of sp³-hybridized carbons (Fsp3) is 0.261. The summed E-state index contributed by atoms with van der Waals surface area (Å²) in [4.78, 5) is 17.7. The first kappa shape index (κ1) is 22.7. The topological polar surface area (TPSA) is 63.1 Å². The second-order valence-corrected chi connectivity index (χ2v) is 7.85. The Balaban J connectivity index is 1.78. The summed E-state index contributed by atoms with van der Waals surface area (Å²) < 4.78 is 55.1. The number of anilines is 1. The van der Waals surface area contributed by atoms with Gasteiger partial charge in [-0.15, -0.1) is 0 Å². The molecule has 33 heavy (non-hydrogen) atoms. The van der Waals surface area contributed by atoms with E-state index in [-0.39, 0.29) is 24.3 Å². The molecule has 2 aromatic heterocycles. The van der Waals surface area contributed by atoms with Crippen molar-refractivity contribution in [1.82, 2.24) is 19.7 Å². The lowest BCUT2D eigenvalue weighted by molar-refractivity contribution is -0.147. The van der Waals surface area contributed by atoms with E-state index in [1.807, 2.05) is 0 Å². The number of pyridine rings is 1. The fourth-order valence-electron chi connectivity index (χ4n) is 3.98. The van der Waals surface area contributed by atoms with Gasteiger partial charge in [-0.2, -0.15) is 18.3 Å². The third-order valence-electron chi connectivity index (χ3n) is 5.44. The third kappa shape index (κ3) is 4.95. The lowest BCUT2D eigenvalue weighted by Crippen LogP contribution is -2.38. The highest BCUT2D eigenvalue weighted by Gasteiger charge is 2.32. The molecule has 0 bridgehead atoms. The van der Waals surface area contributed by atoms with Crippen molar-refractivity contribution in [3.05, 3.63) is 66.4 Å². The van der Waals surface area contributed by atoms with E-state index in [4.69, 9.17) is 0 Å². The first-order valence-corrected chi connectivity index (χ1v) is 10.2. The summed E-state index contributed by atoms with van der Waals surface area (Å²) in [6.45, 7) is 2.64. The number of halogens is 4. The number of amides is 1. The maximum absolute atomic E-state index is 15.2. The van der Waals surface area contributed by atoms with Crippen LogP contribution >= 0.6 is 0 Å². The highest BCUT2D eigenvalue weighted by molar-refractivity contribution is 6.05. The molecule has 1 N–H and O–H groups in total. The van der Waals surface area contributed by atoms with Crippen LogP contribution in [0.5, 0.6) is 0 Å². The molecule has 4 rings (SSSR count). The monoisotopic (exact) mass is 459 g/mol. The molecule has 0 radical (unpaired) electrons. The molecule has 0 atom stereocenters. The number of nitrogens with one attached hydrogen (secondary N) is 1. The maximum Gasteiger partial charge on any atom is 0.401 e. The quantitative estimate of drug-likeness (QED) is 0.456. The van der Waals surface area contributed by atoms with Crippen LogP contribution in [0.15, 0.2) is 49.4 Å². The second-order valence-electron chi connectivity index (χ2n) is 7.85. The number of aryl methyl sites for hydroxylation is 1. The summed E-state index contributed by atoms with van der Waals surface area (Å²) in [6.07, 6.45) is 2.00. The van der Waals surface area contributed by atoms with Crippen molar-refractivity contribution >= 4 is 11.6 Å². The molecule has 0 saturated heterocycles. The van der Waals surface area contributed by atoms with Gasteiger partial charge in [-0.05, 0) is 41.8 Å². The number of rotatable bonds is 5. The Bertz CT molecular complexity index is 1220. The number of hydrogen-bond acceptors (Lipinski definition) is 4. The van der Waals surface area contributed by atoms with Crippen LogP contribution in [-0.4, -0.2) is 44.8 Å². The summed E-state index contributed by atoms with van der Waals surface area (Å²) in [5.41, 5.74) is 3.21. The van der Waals surface area contributed by atoms with Crippen molar-refractivity contribution in [3.8, 4) is 22.4 Å². The summed E-state index contributed by atoms with van der Waals surface area (Å²) in [5, 5.41) is 6.87. The Morgan fingerprint density at radius 3 is 2.73 bits per heavy atom. The number of nitrogens with zero attached hydrogens (tertiary/aromatic N) is 4. The molecule has 0 fully saturated rings. The Hall–Kier alpha value is -3.53. The zero-order chi connectivity index (χ0) is 23.8. The molecule has 0 aliphatic carbocycles. The minimum Gasteiger partial charge on any atom is -0.320 e. The van der Waals surface area contributed by atoms with E-state index in [0.29, 0.717) is 28.8 Å². The molecule has 0 unspecified atom stereocenters. The number of carbonyl (C=O) groups excluding carboxylic acids is 1. The van der Waals surface area contributed by atoms with E-state index in [1.54, 1.807) is 36.3 Å². The SMILES string of the molecule is C=CC(=O)Nc1c(-c2cnn(C)c2)ccnc1-c1cc2c(cc1F)CN(CC(F)(F)F)CC2. The third-order valence-corrected chi connectivity index (χ3v) is 5.44. The number of alkyl halides is 3. The average molecular weight is 459 g/mol. The molecule has 1 aromatic carbocycles. The lowest BCUT2D eigenvalue weighted by atomic mass is 9.94. The van der Waals surface area contributed by atoms with Crippen LogP contribution < -0.4 is 5.32 Å².